The Balaban J connectivity index is 2.34. The highest BCUT2D eigenvalue weighted by molar-refractivity contribution is 7.85. The maximum Gasteiger partial charge on any atom is 0.294 e. The Labute approximate surface area is 128 Å². The SMILES string of the molecule is CCCC1CCC(c2c(S(=O)(=O)O)ccc(C)c2C)CC1. The summed E-state index contributed by atoms with van der Waals surface area (Å²) in [6.07, 6.45) is 6.86. The van der Waals surface area contributed by atoms with Gasteiger partial charge in [0.25, 0.3) is 10.1 Å². The summed E-state index contributed by atoms with van der Waals surface area (Å²) in [6.45, 7) is 6.18. The minimum absolute atomic E-state index is 0.115. The maximum absolute atomic E-state index is 11.7. The van der Waals surface area contributed by atoms with Crippen LogP contribution < -0.4 is 0 Å². The van der Waals surface area contributed by atoms with Gasteiger partial charge in [0.05, 0.1) is 4.90 Å². The molecule has 0 radical (unpaired) electrons. The van der Waals surface area contributed by atoms with Crippen molar-refractivity contribution < 1.29 is 13.0 Å². The quantitative estimate of drug-likeness (QED) is 0.825. The zero-order valence-corrected chi connectivity index (χ0v) is 14.0. The minimum Gasteiger partial charge on any atom is -0.282 e. The summed E-state index contributed by atoms with van der Waals surface area (Å²) in [4.78, 5) is 0.115. The smallest absolute Gasteiger partial charge is 0.282 e. The Hall–Kier alpha value is -0.870. The summed E-state index contributed by atoms with van der Waals surface area (Å²) in [5, 5.41) is 0. The standard InChI is InChI=1S/C17H26O3S/c1-4-5-14-7-9-15(10-8-14)17-13(3)12(2)6-11-16(17)21(18,19)20/h6,11,14-15H,4-5,7-10H2,1-3H3,(H,18,19,20). The van der Waals surface area contributed by atoms with Crippen molar-refractivity contribution in [2.75, 3.05) is 0 Å². The first-order chi connectivity index (χ1) is 9.84. The van der Waals surface area contributed by atoms with Crippen LogP contribution in [0.1, 0.15) is 68.1 Å². The van der Waals surface area contributed by atoms with E-state index in [0.29, 0.717) is 0 Å². The summed E-state index contributed by atoms with van der Waals surface area (Å²) in [7, 11) is -4.15. The summed E-state index contributed by atoms with van der Waals surface area (Å²) in [5.41, 5.74) is 2.96. The summed E-state index contributed by atoms with van der Waals surface area (Å²) < 4.78 is 32.9. The molecule has 0 saturated heterocycles. The molecule has 0 spiro atoms. The predicted octanol–water partition coefficient (Wildman–Crippen LogP) is 4.62. The maximum atomic E-state index is 11.7. The summed E-state index contributed by atoms with van der Waals surface area (Å²) in [5.74, 6) is 1.04. The third-order valence-electron chi connectivity index (χ3n) is 4.98. The van der Waals surface area contributed by atoms with Gasteiger partial charge in [0.15, 0.2) is 0 Å². The van der Waals surface area contributed by atoms with Gasteiger partial charge in [-0.3, -0.25) is 4.55 Å². The van der Waals surface area contributed by atoms with Crippen LogP contribution in [-0.4, -0.2) is 13.0 Å². The monoisotopic (exact) mass is 310 g/mol. The van der Waals surface area contributed by atoms with E-state index in [1.165, 1.54) is 12.8 Å². The van der Waals surface area contributed by atoms with Crippen molar-refractivity contribution in [3.8, 4) is 0 Å². The van der Waals surface area contributed by atoms with E-state index in [9.17, 15) is 13.0 Å². The third-order valence-corrected chi connectivity index (χ3v) is 5.89. The van der Waals surface area contributed by atoms with Gasteiger partial charge in [0.1, 0.15) is 0 Å². The lowest BCUT2D eigenvalue weighted by Crippen LogP contribution is -2.17. The van der Waals surface area contributed by atoms with E-state index in [1.54, 1.807) is 12.1 Å². The molecule has 21 heavy (non-hydrogen) atoms. The van der Waals surface area contributed by atoms with Crippen molar-refractivity contribution in [1.82, 2.24) is 0 Å². The van der Waals surface area contributed by atoms with E-state index in [2.05, 4.69) is 6.92 Å². The van der Waals surface area contributed by atoms with Gasteiger partial charge < -0.3 is 0 Å². The Morgan fingerprint density at radius 2 is 1.76 bits per heavy atom. The highest BCUT2D eigenvalue weighted by atomic mass is 32.2. The van der Waals surface area contributed by atoms with E-state index in [4.69, 9.17) is 0 Å². The molecule has 0 aliphatic heterocycles. The molecular weight excluding hydrogens is 284 g/mol. The topological polar surface area (TPSA) is 54.4 Å². The van der Waals surface area contributed by atoms with E-state index >= 15 is 0 Å². The molecule has 0 unspecified atom stereocenters. The molecule has 0 heterocycles. The molecule has 1 aromatic carbocycles. The first-order valence-electron chi connectivity index (χ1n) is 7.92. The van der Waals surface area contributed by atoms with Gasteiger partial charge in [-0.15, -0.1) is 0 Å². The second-order valence-corrected chi connectivity index (χ2v) is 7.79. The molecule has 1 saturated carbocycles. The minimum atomic E-state index is -4.15. The lowest BCUT2D eigenvalue weighted by molar-refractivity contribution is 0.305. The molecule has 1 aliphatic rings. The number of hydrogen-bond acceptors (Lipinski definition) is 2. The van der Waals surface area contributed by atoms with Crippen molar-refractivity contribution in [2.45, 2.75) is 70.1 Å². The van der Waals surface area contributed by atoms with Crippen LogP contribution in [0, 0.1) is 19.8 Å². The highest BCUT2D eigenvalue weighted by Crippen LogP contribution is 2.41. The average Bonchev–Trinajstić information content (AvgIpc) is 2.42. The van der Waals surface area contributed by atoms with Gasteiger partial charge >= 0.3 is 0 Å². The molecule has 0 atom stereocenters. The van der Waals surface area contributed by atoms with Crippen LogP contribution in [0.2, 0.25) is 0 Å². The van der Waals surface area contributed by atoms with Crippen molar-refractivity contribution in [2.24, 2.45) is 5.92 Å². The second kappa shape index (κ2) is 6.49. The van der Waals surface area contributed by atoms with Crippen LogP contribution >= 0.6 is 0 Å². The molecular formula is C17H26O3S. The summed E-state index contributed by atoms with van der Waals surface area (Å²) in [6, 6.07) is 3.34. The zero-order chi connectivity index (χ0) is 15.6. The van der Waals surface area contributed by atoms with Crippen LogP contribution in [0.4, 0.5) is 0 Å². The van der Waals surface area contributed by atoms with Gasteiger partial charge in [-0.2, -0.15) is 8.42 Å². The molecule has 118 valence electrons. The van der Waals surface area contributed by atoms with Crippen molar-refractivity contribution in [3.05, 3.63) is 28.8 Å². The van der Waals surface area contributed by atoms with Gasteiger partial charge in [-0.25, -0.2) is 0 Å². The molecule has 0 aromatic heterocycles. The van der Waals surface area contributed by atoms with E-state index in [1.807, 2.05) is 13.8 Å². The van der Waals surface area contributed by atoms with Crippen molar-refractivity contribution in [3.63, 3.8) is 0 Å². The van der Waals surface area contributed by atoms with E-state index < -0.39 is 10.1 Å². The lowest BCUT2D eigenvalue weighted by Gasteiger charge is -2.30. The molecule has 1 fully saturated rings. The molecule has 1 N–H and O–H groups in total. The van der Waals surface area contributed by atoms with E-state index in [-0.39, 0.29) is 10.8 Å². The van der Waals surface area contributed by atoms with Gasteiger partial charge in [0, 0.05) is 0 Å². The fraction of sp³-hybridized carbons (Fsp3) is 0.647. The number of rotatable bonds is 4. The number of hydrogen-bond donors (Lipinski definition) is 1. The average molecular weight is 310 g/mol. The van der Waals surface area contributed by atoms with Crippen molar-refractivity contribution in [1.29, 1.82) is 0 Å². The number of aryl methyl sites for hydroxylation is 1. The largest absolute Gasteiger partial charge is 0.294 e. The predicted molar refractivity (Wildman–Crippen MR) is 85.3 cm³/mol. The Morgan fingerprint density at radius 1 is 1.14 bits per heavy atom. The first-order valence-corrected chi connectivity index (χ1v) is 9.36. The lowest BCUT2D eigenvalue weighted by atomic mass is 9.76. The van der Waals surface area contributed by atoms with Crippen LogP contribution in [0.25, 0.3) is 0 Å². The fourth-order valence-corrected chi connectivity index (χ4v) is 4.53. The van der Waals surface area contributed by atoms with Gasteiger partial charge in [0.2, 0.25) is 0 Å². The molecule has 4 heteroatoms. The van der Waals surface area contributed by atoms with E-state index in [0.717, 1.165) is 48.3 Å². The zero-order valence-electron chi connectivity index (χ0n) is 13.2. The Bertz CT molecular complexity index is 597. The van der Waals surface area contributed by atoms with Gasteiger partial charge in [-0.05, 0) is 74.1 Å². The number of benzene rings is 1. The van der Waals surface area contributed by atoms with Crippen LogP contribution in [0.3, 0.4) is 0 Å². The second-order valence-electron chi connectivity index (χ2n) is 6.40. The van der Waals surface area contributed by atoms with Crippen LogP contribution in [0.15, 0.2) is 17.0 Å². The molecule has 2 rings (SSSR count). The first kappa shape index (κ1) is 16.5. The van der Waals surface area contributed by atoms with Gasteiger partial charge in [-0.1, -0.05) is 25.8 Å². The summed E-state index contributed by atoms with van der Waals surface area (Å²) >= 11 is 0. The molecule has 1 aliphatic carbocycles. The van der Waals surface area contributed by atoms with Crippen molar-refractivity contribution >= 4 is 10.1 Å². The Morgan fingerprint density at radius 3 is 2.29 bits per heavy atom. The van der Waals surface area contributed by atoms with Crippen LogP contribution in [0.5, 0.6) is 0 Å². The molecule has 1 aromatic rings. The molecule has 0 bridgehead atoms. The molecule has 0 amide bonds. The fourth-order valence-electron chi connectivity index (χ4n) is 3.69. The highest BCUT2D eigenvalue weighted by Gasteiger charge is 2.28. The normalized spacial score (nSPS) is 23.2. The molecule has 3 nitrogen and oxygen atoms in total. The Kier molecular flexibility index (Phi) is 5.10. The van der Waals surface area contributed by atoms with Crippen LogP contribution in [-0.2, 0) is 10.1 Å². The third kappa shape index (κ3) is 3.67.